The largest absolute Gasteiger partial charge is 0.491 e. The van der Waals surface area contributed by atoms with Crippen LogP contribution in [0.1, 0.15) is 19.9 Å². The SMILES string of the molecule is CC(C)n1ncnc1-c1cn2c(n1)-c1ccc(-c3ccccc3S(C)(=O)=O)cc1OCC2. The van der Waals surface area contributed by atoms with Gasteiger partial charge in [-0.1, -0.05) is 24.3 Å². The fraction of sp³-hybridized carbons (Fsp3) is 0.261. The van der Waals surface area contributed by atoms with Gasteiger partial charge in [-0.25, -0.2) is 23.1 Å². The Morgan fingerprint density at radius 2 is 1.88 bits per heavy atom. The molecule has 0 radical (unpaired) electrons. The highest BCUT2D eigenvalue weighted by molar-refractivity contribution is 7.90. The number of sulfone groups is 1. The third-order valence-electron chi connectivity index (χ3n) is 5.48. The Hall–Kier alpha value is -3.46. The third-order valence-corrected chi connectivity index (χ3v) is 6.63. The van der Waals surface area contributed by atoms with Crippen molar-refractivity contribution in [2.24, 2.45) is 0 Å². The molecule has 0 amide bonds. The van der Waals surface area contributed by atoms with Crippen molar-refractivity contribution in [3.63, 3.8) is 0 Å². The molecule has 9 heteroatoms. The summed E-state index contributed by atoms with van der Waals surface area (Å²) in [6, 6.07) is 12.9. The molecule has 0 saturated carbocycles. The van der Waals surface area contributed by atoms with E-state index in [-0.39, 0.29) is 6.04 Å². The van der Waals surface area contributed by atoms with Crippen molar-refractivity contribution in [1.29, 1.82) is 0 Å². The minimum absolute atomic E-state index is 0.169. The first kappa shape index (κ1) is 20.4. The molecule has 32 heavy (non-hydrogen) atoms. The molecular weight excluding hydrogens is 426 g/mol. The molecule has 3 heterocycles. The third kappa shape index (κ3) is 3.48. The van der Waals surface area contributed by atoms with Crippen molar-refractivity contribution < 1.29 is 13.2 Å². The molecule has 4 aromatic rings. The quantitative estimate of drug-likeness (QED) is 0.470. The van der Waals surface area contributed by atoms with E-state index in [1.54, 1.807) is 18.5 Å². The lowest BCUT2D eigenvalue weighted by atomic mass is 10.0. The van der Waals surface area contributed by atoms with E-state index in [0.29, 0.717) is 29.4 Å². The van der Waals surface area contributed by atoms with Crippen LogP contribution in [-0.2, 0) is 16.4 Å². The first-order chi connectivity index (χ1) is 15.3. The van der Waals surface area contributed by atoms with Crippen LogP contribution in [0.4, 0.5) is 0 Å². The zero-order chi connectivity index (χ0) is 22.5. The van der Waals surface area contributed by atoms with E-state index in [2.05, 4.69) is 28.5 Å². The van der Waals surface area contributed by atoms with Gasteiger partial charge in [0.25, 0.3) is 0 Å². The summed E-state index contributed by atoms with van der Waals surface area (Å²) in [4.78, 5) is 9.56. The molecule has 2 aromatic carbocycles. The van der Waals surface area contributed by atoms with Gasteiger partial charge in [-0.05, 0) is 37.6 Å². The number of imidazole rings is 1. The molecular formula is C23H23N5O3S. The van der Waals surface area contributed by atoms with Gasteiger partial charge in [0, 0.05) is 24.1 Å². The molecule has 5 rings (SSSR count). The van der Waals surface area contributed by atoms with Gasteiger partial charge >= 0.3 is 0 Å². The average Bonchev–Trinajstić information content (AvgIpc) is 3.37. The number of rotatable bonds is 4. The zero-order valence-corrected chi connectivity index (χ0v) is 18.9. The minimum Gasteiger partial charge on any atom is -0.491 e. The second-order valence-corrected chi connectivity index (χ2v) is 10.1. The van der Waals surface area contributed by atoms with Crippen molar-refractivity contribution in [1.82, 2.24) is 24.3 Å². The monoisotopic (exact) mass is 449 g/mol. The highest BCUT2D eigenvalue weighted by atomic mass is 32.2. The topological polar surface area (TPSA) is 91.9 Å². The molecule has 0 saturated heterocycles. The van der Waals surface area contributed by atoms with Crippen molar-refractivity contribution in [2.45, 2.75) is 31.3 Å². The summed E-state index contributed by atoms with van der Waals surface area (Å²) < 4.78 is 34.5. The molecule has 1 aliphatic rings. The van der Waals surface area contributed by atoms with E-state index in [1.807, 2.05) is 41.2 Å². The average molecular weight is 450 g/mol. The highest BCUT2D eigenvalue weighted by Crippen LogP contribution is 2.38. The maximum atomic E-state index is 12.3. The molecule has 2 aromatic heterocycles. The number of benzene rings is 2. The van der Waals surface area contributed by atoms with Crippen molar-refractivity contribution in [3.05, 3.63) is 55.0 Å². The molecule has 0 unspecified atom stereocenters. The van der Waals surface area contributed by atoms with Crippen LogP contribution in [0.15, 0.2) is 59.9 Å². The molecule has 0 bridgehead atoms. The summed E-state index contributed by atoms with van der Waals surface area (Å²) in [6.45, 7) is 5.22. The maximum absolute atomic E-state index is 12.3. The highest BCUT2D eigenvalue weighted by Gasteiger charge is 2.23. The van der Waals surface area contributed by atoms with Gasteiger partial charge in [0.15, 0.2) is 15.7 Å². The summed E-state index contributed by atoms with van der Waals surface area (Å²) in [7, 11) is -3.36. The molecule has 164 valence electrons. The Bertz CT molecular complexity index is 1420. The number of nitrogens with zero attached hydrogens (tertiary/aromatic N) is 5. The Labute approximate surface area is 186 Å². The number of hydrogen-bond donors (Lipinski definition) is 0. The van der Waals surface area contributed by atoms with Crippen LogP contribution in [0.25, 0.3) is 34.0 Å². The molecule has 0 aliphatic carbocycles. The predicted molar refractivity (Wildman–Crippen MR) is 121 cm³/mol. The Balaban J connectivity index is 1.61. The molecule has 0 atom stereocenters. The van der Waals surface area contributed by atoms with Crippen LogP contribution in [0.5, 0.6) is 5.75 Å². The van der Waals surface area contributed by atoms with Crippen LogP contribution in [0.2, 0.25) is 0 Å². The summed E-state index contributed by atoms with van der Waals surface area (Å²) >= 11 is 0. The zero-order valence-electron chi connectivity index (χ0n) is 18.1. The molecule has 0 fully saturated rings. The van der Waals surface area contributed by atoms with E-state index in [1.165, 1.54) is 6.26 Å². The first-order valence-corrected chi connectivity index (χ1v) is 12.3. The van der Waals surface area contributed by atoms with Gasteiger partial charge in [-0.15, -0.1) is 0 Å². The lowest BCUT2D eigenvalue weighted by Gasteiger charge is -2.12. The van der Waals surface area contributed by atoms with Gasteiger partial charge in [0.1, 0.15) is 30.2 Å². The second-order valence-electron chi connectivity index (χ2n) is 8.09. The Morgan fingerprint density at radius 3 is 2.66 bits per heavy atom. The van der Waals surface area contributed by atoms with E-state index < -0.39 is 9.84 Å². The van der Waals surface area contributed by atoms with Gasteiger partial charge in [0.05, 0.1) is 17.0 Å². The van der Waals surface area contributed by atoms with E-state index >= 15 is 0 Å². The normalized spacial score (nSPS) is 13.4. The lowest BCUT2D eigenvalue weighted by molar-refractivity contribution is 0.307. The standard InChI is InChI=1S/C23H23N5O3S/c1-15(2)28-23(24-14-25-28)19-13-27-10-11-31-20-12-16(8-9-18(20)22(27)26-19)17-6-4-5-7-21(17)32(3,29)30/h4-9,12-15H,10-11H2,1-3H3. The summed E-state index contributed by atoms with van der Waals surface area (Å²) in [5.74, 6) is 2.18. The van der Waals surface area contributed by atoms with E-state index in [4.69, 9.17) is 9.72 Å². The van der Waals surface area contributed by atoms with Crippen LogP contribution in [0.3, 0.4) is 0 Å². The number of hydrogen-bond acceptors (Lipinski definition) is 6. The number of fused-ring (bicyclic) bond motifs is 3. The van der Waals surface area contributed by atoms with Crippen molar-refractivity contribution in [2.75, 3.05) is 12.9 Å². The first-order valence-electron chi connectivity index (χ1n) is 10.4. The summed E-state index contributed by atoms with van der Waals surface area (Å²) in [6.07, 6.45) is 4.74. The molecule has 8 nitrogen and oxygen atoms in total. The van der Waals surface area contributed by atoms with Gasteiger partial charge in [-0.3, -0.25) is 0 Å². The Morgan fingerprint density at radius 1 is 1.06 bits per heavy atom. The van der Waals surface area contributed by atoms with Crippen molar-refractivity contribution in [3.8, 4) is 39.8 Å². The molecule has 0 spiro atoms. The minimum atomic E-state index is -3.36. The van der Waals surface area contributed by atoms with E-state index in [0.717, 1.165) is 28.5 Å². The van der Waals surface area contributed by atoms with Gasteiger partial charge in [-0.2, -0.15) is 5.10 Å². The van der Waals surface area contributed by atoms with Crippen LogP contribution in [-0.4, -0.2) is 45.6 Å². The van der Waals surface area contributed by atoms with Crippen LogP contribution >= 0.6 is 0 Å². The fourth-order valence-corrected chi connectivity index (χ4v) is 4.91. The smallest absolute Gasteiger partial charge is 0.178 e. The van der Waals surface area contributed by atoms with Crippen molar-refractivity contribution >= 4 is 9.84 Å². The second kappa shape index (κ2) is 7.59. The number of aromatic nitrogens is 5. The fourth-order valence-electron chi connectivity index (χ4n) is 4.00. The van der Waals surface area contributed by atoms with Crippen LogP contribution < -0.4 is 4.74 Å². The predicted octanol–water partition coefficient (Wildman–Crippen LogP) is 3.85. The van der Waals surface area contributed by atoms with E-state index in [9.17, 15) is 8.42 Å². The Kier molecular flexibility index (Phi) is 4.85. The van der Waals surface area contributed by atoms with Crippen LogP contribution in [0, 0.1) is 0 Å². The summed E-state index contributed by atoms with van der Waals surface area (Å²) in [5, 5.41) is 4.32. The lowest BCUT2D eigenvalue weighted by Crippen LogP contribution is -2.06. The van der Waals surface area contributed by atoms with Gasteiger partial charge < -0.3 is 9.30 Å². The molecule has 1 aliphatic heterocycles. The number of ether oxygens (including phenoxy) is 1. The summed E-state index contributed by atoms with van der Waals surface area (Å²) in [5.41, 5.74) is 3.04. The molecule has 0 N–H and O–H groups in total. The maximum Gasteiger partial charge on any atom is 0.178 e. The van der Waals surface area contributed by atoms with Gasteiger partial charge in [0.2, 0.25) is 0 Å².